The molecule has 0 amide bonds. The number of furan rings is 1. The van der Waals surface area contributed by atoms with Gasteiger partial charge in [0.15, 0.2) is 4.90 Å². The van der Waals surface area contributed by atoms with Crippen LogP contribution in [0.15, 0.2) is 37.2 Å². The van der Waals surface area contributed by atoms with Crippen molar-refractivity contribution in [3.63, 3.8) is 0 Å². The molecule has 0 spiro atoms. The monoisotopic (exact) mass is 412 g/mol. The lowest BCUT2D eigenvalue weighted by Crippen LogP contribution is -2.45. The molecule has 1 unspecified atom stereocenters. The molecule has 1 aliphatic rings. The maximum absolute atomic E-state index is 12.8. The van der Waals surface area contributed by atoms with E-state index in [0.29, 0.717) is 32.1 Å². The number of rotatable bonds is 6. The first-order valence-electron chi connectivity index (χ1n) is 8.85. The molecular formula is C17H24N4O6S. The molecular weight excluding hydrogens is 388 g/mol. The Hall–Kier alpha value is -2.21. The molecule has 0 bridgehead atoms. The molecule has 2 aromatic rings. The number of hydrogen-bond donors (Lipinski definition) is 1. The van der Waals surface area contributed by atoms with E-state index in [9.17, 15) is 18.0 Å². The number of aromatic nitrogens is 2. The van der Waals surface area contributed by atoms with Crippen LogP contribution in [0.4, 0.5) is 0 Å². The zero-order valence-electron chi connectivity index (χ0n) is 16.0. The van der Waals surface area contributed by atoms with Crippen LogP contribution in [0.2, 0.25) is 0 Å². The first-order valence-corrected chi connectivity index (χ1v) is 10.3. The van der Waals surface area contributed by atoms with Crippen molar-refractivity contribution in [2.24, 2.45) is 14.1 Å². The summed E-state index contributed by atoms with van der Waals surface area (Å²) in [5.74, 6) is 1.36. The van der Waals surface area contributed by atoms with Gasteiger partial charge in [-0.15, -0.1) is 0 Å². The van der Waals surface area contributed by atoms with Crippen molar-refractivity contribution < 1.29 is 17.6 Å². The maximum atomic E-state index is 12.8. The Morgan fingerprint density at radius 1 is 1.18 bits per heavy atom. The highest BCUT2D eigenvalue weighted by Gasteiger charge is 2.28. The summed E-state index contributed by atoms with van der Waals surface area (Å²) in [4.78, 5) is 25.7. The summed E-state index contributed by atoms with van der Waals surface area (Å²) in [6, 6.07) is 3.29. The molecule has 1 atom stereocenters. The molecule has 0 aromatic carbocycles. The summed E-state index contributed by atoms with van der Waals surface area (Å²) in [5.41, 5.74) is -1.46. The van der Waals surface area contributed by atoms with E-state index in [0.717, 1.165) is 21.1 Å². The van der Waals surface area contributed by atoms with Gasteiger partial charge in [-0.05, 0) is 19.1 Å². The number of aryl methyl sites for hydroxylation is 2. The van der Waals surface area contributed by atoms with Crippen molar-refractivity contribution in [1.82, 2.24) is 18.8 Å². The molecule has 0 radical (unpaired) electrons. The number of hydrogen-bond acceptors (Lipinski definition) is 7. The van der Waals surface area contributed by atoms with Gasteiger partial charge < -0.3 is 13.7 Å². The highest BCUT2D eigenvalue weighted by atomic mass is 32.2. The van der Waals surface area contributed by atoms with Gasteiger partial charge in [0.05, 0.1) is 19.3 Å². The second-order valence-electron chi connectivity index (χ2n) is 6.72. The Balaban J connectivity index is 1.88. The summed E-state index contributed by atoms with van der Waals surface area (Å²) < 4.78 is 41.0. The zero-order valence-corrected chi connectivity index (χ0v) is 16.9. The van der Waals surface area contributed by atoms with E-state index >= 15 is 0 Å². The van der Waals surface area contributed by atoms with E-state index in [4.69, 9.17) is 9.15 Å². The minimum Gasteiger partial charge on any atom is -0.465 e. The highest BCUT2D eigenvalue weighted by Crippen LogP contribution is 2.23. The van der Waals surface area contributed by atoms with Crippen LogP contribution in [0.3, 0.4) is 0 Å². The van der Waals surface area contributed by atoms with Crippen LogP contribution >= 0.6 is 0 Å². The number of nitrogens with zero attached hydrogens (tertiary/aromatic N) is 3. The predicted molar refractivity (Wildman–Crippen MR) is 101 cm³/mol. The Labute approximate surface area is 162 Å². The van der Waals surface area contributed by atoms with Crippen LogP contribution in [-0.2, 0) is 28.9 Å². The molecule has 28 heavy (non-hydrogen) atoms. The largest absolute Gasteiger partial charge is 0.465 e. The molecule has 1 N–H and O–H groups in total. The number of morpholine rings is 1. The Morgan fingerprint density at radius 2 is 1.86 bits per heavy atom. The van der Waals surface area contributed by atoms with Crippen molar-refractivity contribution in [1.29, 1.82) is 0 Å². The van der Waals surface area contributed by atoms with Gasteiger partial charge in [0.25, 0.3) is 5.56 Å². The molecule has 1 saturated heterocycles. The average molecular weight is 412 g/mol. The van der Waals surface area contributed by atoms with Crippen molar-refractivity contribution in [2.75, 3.05) is 32.8 Å². The van der Waals surface area contributed by atoms with Crippen molar-refractivity contribution in [2.45, 2.75) is 17.9 Å². The third-order valence-electron chi connectivity index (χ3n) is 4.75. The number of sulfonamides is 1. The van der Waals surface area contributed by atoms with Gasteiger partial charge in [-0.3, -0.25) is 14.3 Å². The summed E-state index contributed by atoms with van der Waals surface area (Å²) in [6.07, 6.45) is 1.04. The van der Waals surface area contributed by atoms with Crippen molar-refractivity contribution in [3.8, 4) is 0 Å². The molecule has 0 saturated carbocycles. The fourth-order valence-corrected chi connectivity index (χ4v) is 4.35. The van der Waals surface area contributed by atoms with E-state index in [1.165, 1.54) is 14.1 Å². The van der Waals surface area contributed by atoms with Crippen LogP contribution in [0.25, 0.3) is 0 Å². The van der Waals surface area contributed by atoms with Gasteiger partial charge >= 0.3 is 5.69 Å². The summed E-state index contributed by atoms with van der Waals surface area (Å²) >= 11 is 0. The smallest absolute Gasteiger partial charge is 0.330 e. The highest BCUT2D eigenvalue weighted by molar-refractivity contribution is 7.89. The topological polar surface area (TPSA) is 116 Å². The molecule has 0 aliphatic carbocycles. The molecule has 2 aromatic heterocycles. The van der Waals surface area contributed by atoms with E-state index in [1.54, 1.807) is 0 Å². The first-order chi connectivity index (χ1) is 13.2. The Morgan fingerprint density at radius 3 is 2.46 bits per heavy atom. The van der Waals surface area contributed by atoms with Gasteiger partial charge in [0.1, 0.15) is 11.5 Å². The average Bonchev–Trinajstić information content (AvgIpc) is 3.10. The van der Waals surface area contributed by atoms with Gasteiger partial charge in [-0.1, -0.05) is 0 Å². The van der Waals surface area contributed by atoms with Crippen LogP contribution in [0, 0.1) is 6.92 Å². The molecule has 3 heterocycles. The minimum atomic E-state index is -4.13. The quantitative estimate of drug-likeness (QED) is 0.669. The van der Waals surface area contributed by atoms with Gasteiger partial charge in [0, 0.05) is 39.9 Å². The standard InChI is InChI=1S/C17H24N4O6S/c1-12-4-5-14(27-12)13(21-6-8-26-9-7-21)10-18-28(24,25)15-11-19(2)17(23)20(3)16(15)22/h4-5,11,13,18H,6-10H2,1-3H3. The molecule has 1 aliphatic heterocycles. The summed E-state index contributed by atoms with van der Waals surface area (Å²) in [6.45, 7) is 4.19. The third-order valence-corrected chi connectivity index (χ3v) is 6.15. The Bertz CT molecular complexity index is 1060. The van der Waals surface area contributed by atoms with E-state index in [1.807, 2.05) is 19.1 Å². The molecule has 1 fully saturated rings. The van der Waals surface area contributed by atoms with Gasteiger partial charge in [-0.2, -0.15) is 0 Å². The summed E-state index contributed by atoms with van der Waals surface area (Å²) in [7, 11) is -1.50. The van der Waals surface area contributed by atoms with Gasteiger partial charge in [0.2, 0.25) is 10.0 Å². The SMILES string of the molecule is Cc1ccc(C(CNS(=O)(=O)c2cn(C)c(=O)n(C)c2=O)N2CCOCC2)o1. The van der Waals surface area contributed by atoms with Crippen molar-refractivity contribution in [3.05, 3.63) is 50.7 Å². The maximum Gasteiger partial charge on any atom is 0.330 e. The van der Waals surface area contributed by atoms with E-state index in [2.05, 4.69) is 9.62 Å². The Kier molecular flexibility index (Phi) is 5.89. The van der Waals surface area contributed by atoms with Crippen LogP contribution in [0.1, 0.15) is 17.6 Å². The second-order valence-corrected chi connectivity index (χ2v) is 8.45. The number of nitrogens with one attached hydrogen (secondary N) is 1. The molecule has 3 rings (SSSR count). The van der Waals surface area contributed by atoms with Crippen LogP contribution in [-0.4, -0.2) is 55.3 Å². The first kappa shape index (κ1) is 20.5. The number of ether oxygens (including phenoxy) is 1. The summed E-state index contributed by atoms with van der Waals surface area (Å²) in [5, 5.41) is 0. The molecule has 11 heteroatoms. The van der Waals surface area contributed by atoms with Crippen LogP contribution in [0.5, 0.6) is 0 Å². The zero-order chi connectivity index (χ0) is 20.5. The lowest BCUT2D eigenvalue weighted by molar-refractivity contribution is 0.0127. The van der Waals surface area contributed by atoms with Crippen LogP contribution < -0.4 is 16.0 Å². The fourth-order valence-electron chi connectivity index (χ4n) is 3.16. The third kappa shape index (κ3) is 4.12. The lowest BCUT2D eigenvalue weighted by Gasteiger charge is -2.33. The predicted octanol–water partition coefficient (Wildman–Crippen LogP) is -0.663. The van der Waals surface area contributed by atoms with E-state index < -0.39 is 26.2 Å². The van der Waals surface area contributed by atoms with E-state index in [-0.39, 0.29) is 12.6 Å². The lowest BCUT2D eigenvalue weighted by atomic mass is 10.2. The molecule has 154 valence electrons. The minimum absolute atomic E-state index is 0.0152. The van der Waals surface area contributed by atoms with Crippen molar-refractivity contribution >= 4 is 10.0 Å². The second kappa shape index (κ2) is 8.03. The molecule has 10 nitrogen and oxygen atoms in total. The fraction of sp³-hybridized carbons (Fsp3) is 0.529. The van der Waals surface area contributed by atoms with Gasteiger partial charge in [-0.25, -0.2) is 17.9 Å². The normalized spacial score (nSPS) is 17.0.